The summed E-state index contributed by atoms with van der Waals surface area (Å²) in [5.41, 5.74) is -1.48. The highest BCUT2D eigenvalue weighted by atomic mass is 16.5. The summed E-state index contributed by atoms with van der Waals surface area (Å²) < 4.78 is 5.33. The summed E-state index contributed by atoms with van der Waals surface area (Å²) in [7, 11) is 0. The third-order valence-corrected chi connectivity index (χ3v) is 2.75. The van der Waals surface area contributed by atoms with Gasteiger partial charge in [-0.1, -0.05) is 27.7 Å². The molecule has 0 aliphatic heterocycles. The minimum Gasteiger partial charge on any atom is -0.480 e. The molecule has 0 amide bonds. The Morgan fingerprint density at radius 2 is 1.65 bits per heavy atom. The van der Waals surface area contributed by atoms with Gasteiger partial charge < -0.3 is 9.84 Å². The van der Waals surface area contributed by atoms with Crippen molar-refractivity contribution in [3.8, 4) is 0 Å². The molecule has 0 radical (unpaired) electrons. The predicted octanol–water partition coefficient (Wildman–Crippen LogP) is 2.71. The molecule has 0 aromatic rings. The zero-order valence-corrected chi connectivity index (χ0v) is 11.6. The molecule has 0 saturated carbocycles. The summed E-state index contributed by atoms with van der Waals surface area (Å²) in [6.07, 6.45) is 0.528. The number of hydrogen-bond acceptors (Lipinski definition) is 3. The van der Waals surface area contributed by atoms with E-state index in [-0.39, 0.29) is 12.0 Å². The molecule has 0 aromatic heterocycles. The van der Waals surface area contributed by atoms with Crippen LogP contribution in [0.25, 0.3) is 0 Å². The first kappa shape index (κ1) is 15.9. The van der Waals surface area contributed by atoms with Gasteiger partial charge in [0.1, 0.15) is 6.10 Å². The summed E-state index contributed by atoms with van der Waals surface area (Å²) in [4.78, 5) is 22.7. The van der Waals surface area contributed by atoms with E-state index in [2.05, 4.69) is 0 Å². The van der Waals surface area contributed by atoms with Crippen LogP contribution in [0.3, 0.4) is 0 Å². The highest BCUT2D eigenvalue weighted by molar-refractivity contribution is 5.98. The zero-order chi connectivity index (χ0) is 13.8. The summed E-state index contributed by atoms with van der Waals surface area (Å²) in [6.45, 7) is 10.8. The van der Waals surface area contributed by atoms with Crippen molar-refractivity contribution in [2.24, 2.45) is 17.3 Å². The molecule has 0 spiro atoms. The fourth-order valence-electron chi connectivity index (χ4n) is 1.29. The molecule has 1 N–H and O–H groups in total. The van der Waals surface area contributed by atoms with E-state index in [1.54, 1.807) is 0 Å². The van der Waals surface area contributed by atoms with Gasteiger partial charge in [-0.25, -0.2) is 0 Å². The fourth-order valence-corrected chi connectivity index (χ4v) is 1.29. The Morgan fingerprint density at radius 1 is 1.18 bits per heavy atom. The Kier molecular flexibility index (Phi) is 5.66. The van der Waals surface area contributed by atoms with Crippen molar-refractivity contribution in [2.75, 3.05) is 0 Å². The fraction of sp³-hybridized carbons (Fsp3) is 0.846. The lowest BCUT2D eigenvalue weighted by Crippen LogP contribution is -2.38. The van der Waals surface area contributed by atoms with E-state index >= 15 is 0 Å². The van der Waals surface area contributed by atoms with Gasteiger partial charge in [0.25, 0.3) is 0 Å². The number of aliphatic carboxylic acids is 1. The molecule has 4 heteroatoms. The summed E-state index contributed by atoms with van der Waals surface area (Å²) in [6, 6.07) is 0. The number of hydrogen-bond donors (Lipinski definition) is 1. The number of ether oxygens (including phenoxy) is 1. The van der Waals surface area contributed by atoms with Gasteiger partial charge >= 0.3 is 11.9 Å². The molecule has 0 aliphatic carbocycles. The van der Waals surface area contributed by atoms with E-state index in [0.717, 1.165) is 6.42 Å². The van der Waals surface area contributed by atoms with Crippen LogP contribution in [0, 0.1) is 17.3 Å². The van der Waals surface area contributed by atoms with Crippen molar-refractivity contribution >= 4 is 11.9 Å². The maximum Gasteiger partial charge on any atom is 0.323 e. The van der Waals surface area contributed by atoms with Crippen LogP contribution >= 0.6 is 0 Å². The van der Waals surface area contributed by atoms with Gasteiger partial charge in [-0.2, -0.15) is 0 Å². The highest BCUT2D eigenvalue weighted by Gasteiger charge is 2.39. The molecule has 0 heterocycles. The Hall–Kier alpha value is -1.06. The van der Waals surface area contributed by atoms with Crippen LogP contribution in [0.4, 0.5) is 0 Å². The average Bonchev–Trinajstić information content (AvgIpc) is 2.15. The van der Waals surface area contributed by atoms with E-state index in [0.29, 0.717) is 5.92 Å². The molecule has 0 rings (SSSR count). The van der Waals surface area contributed by atoms with Crippen molar-refractivity contribution in [3.05, 3.63) is 0 Å². The summed E-state index contributed by atoms with van der Waals surface area (Å²) >= 11 is 0. The van der Waals surface area contributed by atoms with Crippen LogP contribution in [0.1, 0.15) is 48.0 Å². The van der Waals surface area contributed by atoms with Crippen LogP contribution < -0.4 is 0 Å². The SMILES string of the molecule is CC(C)CC(OC(=O)C(C)(C)C(=O)O)C(C)C. The molecular weight excluding hydrogens is 220 g/mol. The van der Waals surface area contributed by atoms with Crippen LogP contribution in [0.5, 0.6) is 0 Å². The van der Waals surface area contributed by atoms with Crippen LogP contribution in [0.15, 0.2) is 0 Å². The Labute approximate surface area is 103 Å². The van der Waals surface area contributed by atoms with E-state index in [1.807, 2.05) is 27.7 Å². The second-order valence-electron chi connectivity index (χ2n) is 5.75. The van der Waals surface area contributed by atoms with Gasteiger partial charge in [0.15, 0.2) is 5.41 Å². The van der Waals surface area contributed by atoms with Crippen LogP contribution in [0.2, 0.25) is 0 Å². The minimum absolute atomic E-state index is 0.186. The third kappa shape index (κ3) is 4.75. The zero-order valence-electron chi connectivity index (χ0n) is 11.6. The lowest BCUT2D eigenvalue weighted by atomic mass is 9.93. The van der Waals surface area contributed by atoms with Crippen molar-refractivity contribution < 1.29 is 19.4 Å². The smallest absolute Gasteiger partial charge is 0.323 e. The second-order valence-corrected chi connectivity index (χ2v) is 5.75. The van der Waals surface area contributed by atoms with Crippen molar-refractivity contribution in [2.45, 2.75) is 54.1 Å². The minimum atomic E-state index is -1.48. The van der Waals surface area contributed by atoms with E-state index in [4.69, 9.17) is 9.84 Å². The van der Waals surface area contributed by atoms with Gasteiger partial charge in [-0.3, -0.25) is 9.59 Å². The van der Waals surface area contributed by atoms with E-state index < -0.39 is 17.4 Å². The first-order valence-corrected chi connectivity index (χ1v) is 6.03. The molecule has 0 fully saturated rings. The number of rotatable bonds is 6. The molecule has 0 saturated heterocycles. The van der Waals surface area contributed by atoms with E-state index in [9.17, 15) is 9.59 Å². The highest BCUT2D eigenvalue weighted by Crippen LogP contribution is 2.23. The molecular formula is C13H24O4. The normalized spacial score (nSPS) is 13.9. The Morgan fingerprint density at radius 3 is 1.94 bits per heavy atom. The molecule has 1 atom stereocenters. The monoisotopic (exact) mass is 244 g/mol. The maximum absolute atomic E-state index is 11.8. The summed E-state index contributed by atoms with van der Waals surface area (Å²) in [5.74, 6) is -1.23. The lowest BCUT2D eigenvalue weighted by molar-refractivity contribution is -0.172. The molecule has 0 aromatic carbocycles. The predicted molar refractivity (Wildman–Crippen MR) is 65.6 cm³/mol. The van der Waals surface area contributed by atoms with Crippen molar-refractivity contribution in [1.29, 1.82) is 0 Å². The number of carboxylic acids is 1. The van der Waals surface area contributed by atoms with E-state index in [1.165, 1.54) is 13.8 Å². The molecule has 1 unspecified atom stereocenters. The standard InChI is InChI=1S/C13H24O4/c1-8(2)7-10(9(3)4)17-12(16)13(5,6)11(14)15/h8-10H,7H2,1-6H3,(H,14,15). The van der Waals surface area contributed by atoms with Gasteiger partial charge in [0.05, 0.1) is 0 Å². The number of esters is 1. The topological polar surface area (TPSA) is 63.6 Å². The van der Waals surface area contributed by atoms with Gasteiger partial charge in [0.2, 0.25) is 0 Å². The largest absolute Gasteiger partial charge is 0.480 e. The second kappa shape index (κ2) is 6.03. The van der Waals surface area contributed by atoms with Gasteiger partial charge in [-0.15, -0.1) is 0 Å². The Balaban J connectivity index is 4.67. The molecule has 17 heavy (non-hydrogen) atoms. The Bertz CT molecular complexity index is 279. The molecule has 4 nitrogen and oxygen atoms in total. The van der Waals surface area contributed by atoms with Gasteiger partial charge in [0, 0.05) is 0 Å². The summed E-state index contributed by atoms with van der Waals surface area (Å²) in [5, 5.41) is 8.94. The van der Waals surface area contributed by atoms with Gasteiger partial charge in [-0.05, 0) is 32.1 Å². The third-order valence-electron chi connectivity index (χ3n) is 2.75. The molecule has 100 valence electrons. The van der Waals surface area contributed by atoms with Crippen molar-refractivity contribution in [3.63, 3.8) is 0 Å². The van der Waals surface area contributed by atoms with Crippen LogP contribution in [-0.2, 0) is 14.3 Å². The maximum atomic E-state index is 11.8. The first-order valence-electron chi connectivity index (χ1n) is 6.03. The number of carboxylic acid groups (broad SMARTS) is 1. The average molecular weight is 244 g/mol. The molecule has 0 aliphatic rings. The number of carbonyl (C=O) groups excluding carboxylic acids is 1. The van der Waals surface area contributed by atoms with Crippen LogP contribution in [-0.4, -0.2) is 23.1 Å². The molecule has 0 bridgehead atoms. The number of carbonyl (C=O) groups is 2. The lowest BCUT2D eigenvalue weighted by Gasteiger charge is -2.27. The quantitative estimate of drug-likeness (QED) is 0.576. The van der Waals surface area contributed by atoms with Crippen molar-refractivity contribution in [1.82, 2.24) is 0 Å². The first-order chi connectivity index (χ1) is 7.59.